The van der Waals surface area contributed by atoms with E-state index in [9.17, 15) is 22.8 Å². The summed E-state index contributed by atoms with van der Waals surface area (Å²) in [7, 11) is 1.23. The van der Waals surface area contributed by atoms with E-state index in [1.807, 2.05) is 6.07 Å². The van der Waals surface area contributed by atoms with Crippen molar-refractivity contribution < 1.29 is 32.2 Å². The predicted molar refractivity (Wildman–Crippen MR) is 142 cm³/mol. The van der Waals surface area contributed by atoms with Crippen LogP contribution in [0.1, 0.15) is 27.0 Å². The van der Waals surface area contributed by atoms with Crippen LogP contribution in [0.15, 0.2) is 72.8 Å². The van der Waals surface area contributed by atoms with E-state index in [0.717, 1.165) is 12.1 Å². The summed E-state index contributed by atoms with van der Waals surface area (Å²) < 4.78 is 53.5. The molecule has 202 valence electrons. The Hall–Kier alpha value is -5.30. The van der Waals surface area contributed by atoms with Crippen molar-refractivity contribution in [2.24, 2.45) is 0 Å². The number of nitrogen functional groups attached to an aromatic ring is 1. The third-order valence-corrected chi connectivity index (χ3v) is 5.98. The van der Waals surface area contributed by atoms with Crippen molar-refractivity contribution in [2.75, 3.05) is 18.2 Å². The number of nitrogens with one attached hydrogen (secondary N) is 1. The van der Waals surface area contributed by atoms with Crippen LogP contribution < -0.4 is 15.8 Å². The van der Waals surface area contributed by atoms with Gasteiger partial charge in [0.1, 0.15) is 18.2 Å². The lowest BCUT2D eigenvalue weighted by Crippen LogP contribution is -2.16. The fourth-order valence-electron chi connectivity index (χ4n) is 3.84. The van der Waals surface area contributed by atoms with Crippen molar-refractivity contribution >= 4 is 23.3 Å². The Morgan fingerprint density at radius 2 is 1.57 bits per heavy atom. The van der Waals surface area contributed by atoms with Gasteiger partial charge in [-0.05, 0) is 65.2 Å². The van der Waals surface area contributed by atoms with Crippen molar-refractivity contribution in [3.05, 3.63) is 113 Å². The number of hydrogen-bond donors (Lipinski definition) is 2. The third kappa shape index (κ3) is 6.39. The van der Waals surface area contributed by atoms with Crippen molar-refractivity contribution in [1.82, 2.24) is 0 Å². The summed E-state index contributed by atoms with van der Waals surface area (Å²) in [4.78, 5) is 24.1. The second-order valence-electron chi connectivity index (χ2n) is 8.68. The van der Waals surface area contributed by atoms with Crippen LogP contribution in [0.5, 0.6) is 5.75 Å². The molecule has 10 heteroatoms. The highest BCUT2D eigenvalue weighted by molar-refractivity contribution is 5.97. The first-order chi connectivity index (χ1) is 19.2. The number of hydrogen-bond acceptors (Lipinski definition) is 6. The van der Waals surface area contributed by atoms with Crippen LogP contribution in [0.4, 0.5) is 24.5 Å². The van der Waals surface area contributed by atoms with Crippen LogP contribution in [0.2, 0.25) is 0 Å². The quantitative estimate of drug-likeness (QED) is 0.215. The molecule has 0 aliphatic carbocycles. The Bertz CT molecular complexity index is 1650. The first kappa shape index (κ1) is 27.7. The highest BCUT2D eigenvalue weighted by atomic mass is 19.1. The van der Waals surface area contributed by atoms with Crippen LogP contribution in [0, 0.1) is 28.8 Å². The predicted octanol–water partition coefficient (Wildman–Crippen LogP) is 5.77. The second-order valence-corrected chi connectivity index (χ2v) is 8.68. The lowest BCUT2D eigenvalue weighted by Gasteiger charge is -2.12. The summed E-state index contributed by atoms with van der Waals surface area (Å²) in [6, 6.07) is 18.1. The van der Waals surface area contributed by atoms with Crippen LogP contribution >= 0.6 is 0 Å². The molecular weight excluding hydrogens is 523 g/mol. The van der Waals surface area contributed by atoms with Crippen LogP contribution in [0.3, 0.4) is 0 Å². The normalized spacial score (nSPS) is 10.5. The van der Waals surface area contributed by atoms with Crippen LogP contribution in [0.25, 0.3) is 11.1 Å². The summed E-state index contributed by atoms with van der Waals surface area (Å²) in [6.07, 6.45) is -0.293. The zero-order valence-electron chi connectivity index (χ0n) is 21.1. The minimum Gasteiger partial charge on any atom is -0.486 e. The highest BCUT2D eigenvalue weighted by Gasteiger charge is 2.15. The molecule has 7 nitrogen and oxygen atoms in total. The Morgan fingerprint density at radius 3 is 2.25 bits per heavy atom. The molecule has 0 bridgehead atoms. The summed E-state index contributed by atoms with van der Waals surface area (Å²) in [6.45, 7) is -0.281. The van der Waals surface area contributed by atoms with Crippen molar-refractivity contribution in [3.8, 4) is 22.9 Å². The number of nitrogens with two attached hydrogens (primary N) is 1. The van der Waals surface area contributed by atoms with E-state index in [0.29, 0.717) is 11.1 Å². The standard InChI is InChI=1S/C30H22F3N3O4/c1-39-30(38)21-7-9-27(26(35)12-21)36-29(37)14-20-5-4-18(11-25(20)33)19-6-8-23(31)28(13-19)40-16-22-3-2-17(15-34)10-24(22)32/h2-13H,14,16,35H2,1H3,(H,36,37). The summed E-state index contributed by atoms with van der Waals surface area (Å²) in [5.41, 5.74) is 7.76. The van der Waals surface area contributed by atoms with Gasteiger partial charge in [-0.3, -0.25) is 4.79 Å². The maximum atomic E-state index is 14.9. The molecule has 4 aromatic carbocycles. The molecule has 40 heavy (non-hydrogen) atoms. The molecule has 4 aromatic rings. The molecule has 0 aliphatic rings. The number of halogens is 3. The topological polar surface area (TPSA) is 114 Å². The molecule has 0 saturated carbocycles. The number of nitrogens with zero attached hydrogens (tertiary/aromatic N) is 1. The van der Waals surface area contributed by atoms with E-state index < -0.39 is 29.3 Å². The van der Waals surface area contributed by atoms with Gasteiger partial charge >= 0.3 is 5.97 Å². The highest BCUT2D eigenvalue weighted by Crippen LogP contribution is 2.29. The van der Waals surface area contributed by atoms with Gasteiger partial charge in [0.05, 0.1) is 42.1 Å². The fraction of sp³-hybridized carbons (Fsp3) is 0.100. The van der Waals surface area contributed by atoms with E-state index in [4.69, 9.17) is 15.7 Å². The van der Waals surface area contributed by atoms with Gasteiger partial charge < -0.3 is 20.5 Å². The monoisotopic (exact) mass is 545 g/mol. The molecule has 0 spiro atoms. The average Bonchev–Trinajstić information content (AvgIpc) is 2.94. The Morgan fingerprint density at radius 1 is 0.875 bits per heavy atom. The molecule has 3 N–H and O–H groups in total. The average molecular weight is 546 g/mol. The largest absolute Gasteiger partial charge is 0.486 e. The molecule has 0 saturated heterocycles. The zero-order chi connectivity index (χ0) is 28.8. The lowest BCUT2D eigenvalue weighted by molar-refractivity contribution is -0.115. The minimum absolute atomic E-state index is 0.112. The van der Waals surface area contributed by atoms with E-state index >= 15 is 0 Å². The first-order valence-corrected chi connectivity index (χ1v) is 11.9. The summed E-state index contributed by atoms with van der Waals surface area (Å²) in [5, 5.41) is 11.4. The van der Waals surface area contributed by atoms with Gasteiger partial charge in [-0.2, -0.15) is 5.26 Å². The van der Waals surface area contributed by atoms with Crippen molar-refractivity contribution in [2.45, 2.75) is 13.0 Å². The van der Waals surface area contributed by atoms with Crippen LogP contribution in [-0.4, -0.2) is 19.0 Å². The summed E-state index contributed by atoms with van der Waals surface area (Å²) >= 11 is 0. The minimum atomic E-state index is -0.689. The molecule has 0 aromatic heterocycles. The van der Waals surface area contributed by atoms with E-state index in [1.165, 1.54) is 61.7 Å². The number of ether oxygens (including phenoxy) is 2. The van der Waals surface area contributed by atoms with Crippen LogP contribution in [-0.2, 0) is 22.6 Å². The van der Waals surface area contributed by atoms with Gasteiger partial charge in [0.15, 0.2) is 11.6 Å². The molecule has 0 aliphatic heterocycles. The second kappa shape index (κ2) is 12.0. The maximum Gasteiger partial charge on any atom is 0.337 e. The smallest absolute Gasteiger partial charge is 0.337 e. The molecular formula is C30H22F3N3O4. The number of benzene rings is 4. The lowest BCUT2D eigenvalue weighted by atomic mass is 10.0. The van der Waals surface area contributed by atoms with E-state index in [1.54, 1.807) is 6.07 Å². The van der Waals surface area contributed by atoms with Gasteiger partial charge in [-0.25, -0.2) is 18.0 Å². The number of carbonyl (C=O) groups is 2. The number of nitriles is 1. The maximum absolute atomic E-state index is 14.9. The number of anilines is 2. The van der Waals surface area contributed by atoms with Gasteiger partial charge in [0, 0.05) is 5.56 Å². The van der Waals surface area contributed by atoms with Crippen molar-refractivity contribution in [1.29, 1.82) is 5.26 Å². The Labute approximate surface area is 227 Å². The third-order valence-electron chi connectivity index (χ3n) is 5.98. The Balaban J connectivity index is 1.45. The van der Waals surface area contributed by atoms with Gasteiger partial charge in [-0.15, -0.1) is 0 Å². The zero-order valence-corrected chi connectivity index (χ0v) is 21.1. The van der Waals surface area contributed by atoms with Gasteiger partial charge in [0.25, 0.3) is 0 Å². The molecule has 4 rings (SSSR count). The first-order valence-electron chi connectivity index (χ1n) is 11.9. The molecule has 1 amide bonds. The Kier molecular flexibility index (Phi) is 8.35. The van der Waals surface area contributed by atoms with E-state index in [2.05, 4.69) is 10.1 Å². The van der Waals surface area contributed by atoms with Gasteiger partial charge in [-0.1, -0.05) is 24.3 Å². The van der Waals surface area contributed by atoms with E-state index in [-0.39, 0.29) is 52.4 Å². The molecule has 0 atom stereocenters. The number of methoxy groups -OCH3 is 1. The number of rotatable bonds is 8. The molecule has 0 heterocycles. The molecule has 0 unspecified atom stereocenters. The number of esters is 1. The van der Waals surface area contributed by atoms with Gasteiger partial charge in [0.2, 0.25) is 5.91 Å². The number of carbonyl (C=O) groups excluding carboxylic acids is 2. The number of amides is 1. The molecule has 0 fully saturated rings. The fourth-order valence-corrected chi connectivity index (χ4v) is 3.84. The van der Waals surface area contributed by atoms with Crippen molar-refractivity contribution in [3.63, 3.8) is 0 Å². The molecule has 0 radical (unpaired) electrons. The summed E-state index contributed by atoms with van der Waals surface area (Å²) in [5.74, 6) is -3.28. The SMILES string of the molecule is COC(=O)c1ccc(NC(=O)Cc2ccc(-c3ccc(F)c(OCc4ccc(C#N)cc4F)c3)cc2F)c(N)c1.